The van der Waals surface area contributed by atoms with Crippen molar-refractivity contribution < 1.29 is 41.7 Å². The third-order valence-electron chi connectivity index (χ3n) is 5.70. The average Bonchev–Trinajstić information content (AvgIpc) is 2.94. The minimum atomic E-state index is -4.56. The first kappa shape index (κ1) is 27.2. The van der Waals surface area contributed by atoms with E-state index in [1.54, 1.807) is 36.4 Å². The number of ether oxygens (including phenoxy) is 4. The number of anilines is 1. The first-order valence-corrected chi connectivity index (χ1v) is 11.5. The van der Waals surface area contributed by atoms with Gasteiger partial charge in [-0.05, 0) is 42.5 Å². The standard InChI is InChI=1S/C28H23F3N2O6/c1-36-23-11-16(12-24(37-2)26(23)38-3)22-14-20(19-9-4-5-10-21(19)33-22)27(35)39-15-25(34)32-18-8-6-7-17(13-18)28(29,30)31/h4-14H,15H2,1-3H3,(H,32,34). The van der Waals surface area contributed by atoms with E-state index >= 15 is 0 Å². The molecular formula is C28H23F3N2O6. The highest BCUT2D eigenvalue weighted by Gasteiger charge is 2.30. The Labute approximate surface area is 221 Å². The van der Waals surface area contributed by atoms with Gasteiger partial charge in [0.2, 0.25) is 5.75 Å². The molecule has 202 valence electrons. The number of amides is 1. The monoisotopic (exact) mass is 540 g/mol. The van der Waals surface area contributed by atoms with Gasteiger partial charge in [0.15, 0.2) is 18.1 Å². The van der Waals surface area contributed by atoms with E-state index in [2.05, 4.69) is 10.3 Å². The lowest BCUT2D eigenvalue weighted by Gasteiger charge is -2.15. The van der Waals surface area contributed by atoms with Crippen LogP contribution in [0.2, 0.25) is 0 Å². The van der Waals surface area contributed by atoms with Crippen LogP contribution in [0.1, 0.15) is 15.9 Å². The Morgan fingerprint density at radius 2 is 1.56 bits per heavy atom. The number of methoxy groups -OCH3 is 3. The molecule has 3 aromatic carbocycles. The van der Waals surface area contributed by atoms with Crippen LogP contribution in [-0.4, -0.2) is 44.8 Å². The largest absolute Gasteiger partial charge is 0.493 e. The second-order valence-electron chi connectivity index (χ2n) is 8.19. The lowest BCUT2D eigenvalue weighted by molar-refractivity contribution is -0.137. The van der Waals surface area contributed by atoms with Gasteiger partial charge in [0, 0.05) is 16.6 Å². The summed E-state index contributed by atoms with van der Waals surface area (Å²) in [6.45, 7) is -0.717. The molecule has 4 rings (SSSR count). The molecule has 0 aliphatic carbocycles. The number of benzene rings is 3. The van der Waals surface area contributed by atoms with Crippen LogP contribution in [0, 0.1) is 0 Å². The van der Waals surface area contributed by atoms with Crippen molar-refractivity contribution in [3.8, 4) is 28.5 Å². The molecule has 0 radical (unpaired) electrons. The summed E-state index contributed by atoms with van der Waals surface area (Å²) < 4.78 is 60.2. The second kappa shape index (κ2) is 11.3. The van der Waals surface area contributed by atoms with E-state index < -0.39 is 30.2 Å². The summed E-state index contributed by atoms with van der Waals surface area (Å²) in [5.74, 6) is -0.460. The number of para-hydroxylation sites is 1. The van der Waals surface area contributed by atoms with Gasteiger partial charge in [0.1, 0.15) is 0 Å². The highest BCUT2D eigenvalue weighted by atomic mass is 19.4. The van der Waals surface area contributed by atoms with E-state index in [1.807, 2.05) is 0 Å². The van der Waals surface area contributed by atoms with Crippen molar-refractivity contribution >= 4 is 28.5 Å². The van der Waals surface area contributed by atoms with E-state index in [1.165, 1.54) is 33.5 Å². The van der Waals surface area contributed by atoms with Crippen LogP contribution in [-0.2, 0) is 15.7 Å². The van der Waals surface area contributed by atoms with Crippen LogP contribution in [0.3, 0.4) is 0 Å². The Bertz CT molecular complexity index is 1510. The lowest BCUT2D eigenvalue weighted by Crippen LogP contribution is -2.21. The number of alkyl halides is 3. The molecule has 0 unspecified atom stereocenters. The third-order valence-corrected chi connectivity index (χ3v) is 5.70. The fourth-order valence-corrected chi connectivity index (χ4v) is 3.90. The highest BCUT2D eigenvalue weighted by Crippen LogP contribution is 2.41. The van der Waals surface area contributed by atoms with Crippen LogP contribution in [0.4, 0.5) is 18.9 Å². The highest BCUT2D eigenvalue weighted by molar-refractivity contribution is 6.05. The summed E-state index contributed by atoms with van der Waals surface area (Å²) >= 11 is 0. The normalized spacial score (nSPS) is 11.1. The minimum Gasteiger partial charge on any atom is -0.493 e. The van der Waals surface area contributed by atoms with Crippen LogP contribution >= 0.6 is 0 Å². The molecule has 8 nitrogen and oxygen atoms in total. The number of carbonyl (C=O) groups is 2. The van der Waals surface area contributed by atoms with E-state index in [0.717, 1.165) is 18.2 Å². The van der Waals surface area contributed by atoms with E-state index in [0.29, 0.717) is 39.4 Å². The first-order chi connectivity index (χ1) is 18.6. The van der Waals surface area contributed by atoms with Crippen molar-refractivity contribution in [2.45, 2.75) is 6.18 Å². The number of hydrogen-bond acceptors (Lipinski definition) is 7. The molecule has 39 heavy (non-hydrogen) atoms. The number of nitrogens with one attached hydrogen (secondary N) is 1. The van der Waals surface area contributed by atoms with Crippen molar-refractivity contribution in [3.63, 3.8) is 0 Å². The van der Waals surface area contributed by atoms with Crippen molar-refractivity contribution in [3.05, 3.63) is 77.9 Å². The maximum Gasteiger partial charge on any atom is 0.416 e. The molecule has 0 aliphatic rings. The van der Waals surface area contributed by atoms with E-state index in [-0.39, 0.29) is 11.3 Å². The van der Waals surface area contributed by atoms with Crippen molar-refractivity contribution in [2.24, 2.45) is 0 Å². The Morgan fingerprint density at radius 1 is 0.872 bits per heavy atom. The summed E-state index contributed by atoms with van der Waals surface area (Å²) in [6, 6.07) is 15.9. The molecule has 0 atom stereocenters. The van der Waals surface area contributed by atoms with E-state index in [4.69, 9.17) is 18.9 Å². The summed E-state index contributed by atoms with van der Waals surface area (Å²) in [5.41, 5.74) is 0.588. The number of aromatic nitrogens is 1. The van der Waals surface area contributed by atoms with Crippen LogP contribution < -0.4 is 19.5 Å². The minimum absolute atomic E-state index is 0.0788. The number of rotatable bonds is 8. The molecule has 0 saturated carbocycles. The lowest BCUT2D eigenvalue weighted by atomic mass is 10.0. The maximum atomic E-state index is 13.1. The summed E-state index contributed by atoms with van der Waals surface area (Å²) in [5, 5.41) is 2.79. The summed E-state index contributed by atoms with van der Waals surface area (Å²) in [6.07, 6.45) is -4.56. The fraction of sp³-hybridized carbons (Fsp3) is 0.179. The van der Waals surface area contributed by atoms with Gasteiger partial charge in [-0.3, -0.25) is 4.79 Å². The zero-order valence-electron chi connectivity index (χ0n) is 21.1. The van der Waals surface area contributed by atoms with Gasteiger partial charge in [-0.2, -0.15) is 13.2 Å². The molecule has 0 fully saturated rings. The molecular weight excluding hydrogens is 517 g/mol. The van der Waals surface area contributed by atoms with Gasteiger partial charge in [-0.1, -0.05) is 24.3 Å². The molecule has 0 bridgehead atoms. The Hall–Kier alpha value is -4.80. The van der Waals surface area contributed by atoms with Crippen LogP contribution in [0.25, 0.3) is 22.2 Å². The zero-order valence-corrected chi connectivity index (χ0v) is 21.1. The summed E-state index contributed by atoms with van der Waals surface area (Å²) in [4.78, 5) is 30.1. The maximum absolute atomic E-state index is 13.1. The van der Waals surface area contributed by atoms with Crippen LogP contribution in [0.5, 0.6) is 17.2 Å². The Balaban J connectivity index is 1.61. The van der Waals surface area contributed by atoms with Gasteiger partial charge >= 0.3 is 12.1 Å². The van der Waals surface area contributed by atoms with Gasteiger partial charge < -0.3 is 24.3 Å². The second-order valence-corrected chi connectivity index (χ2v) is 8.19. The molecule has 0 saturated heterocycles. The number of halogens is 3. The number of carbonyl (C=O) groups excluding carboxylic acids is 2. The number of nitrogens with zero attached hydrogens (tertiary/aromatic N) is 1. The van der Waals surface area contributed by atoms with E-state index in [9.17, 15) is 22.8 Å². The quantitative estimate of drug-likeness (QED) is 0.285. The molecule has 1 heterocycles. The zero-order chi connectivity index (χ0) is 28.2. The molecule has 4 aromatic rings. The molecule has 1 N–H and O–H groups in total. The molecule has 1 amide bonds. The Morgan fingerprint density at radius 3 is 2.21 bits per heavy atom. The van der Waals surface area contributed by atoms with Gasteiger partial charge in [0.05, 0.1) is 43.7 Å². The summed E-state index contributed by atoms with van der Waals surface area (Å²) in [7, 11) is 4.43. The number of esters is 1. The average molecular weight is 540 g/mol. The SMILES string of the molecule is COc1cc(-c2cc(C(=O)OCC(=O)Nc3cccc(C(F)(F)F)c3)c3ccccc3n2)cc(OC)c1OC. The van der Waals surface area contributed by atoms with Crippen LogP contribution in [0.15, 0.2) is 66.7 Å². The predicted octanol–water partition coefficient (Wildman–Crippen LogP) is 5.74. The molecule has 1 aromatic heterocycles. The van der Waals surface area contributed by atoms with Gasteiger partial charge in [-0.25, -0.2) is 9.78 Å². The topological polar surface area (TPSA) is 96.0 Å². The first-order valence-electron chi connectivity index (χ1n) is 11.5. The predicted molar refractivity (Wildman–Crippen MR) is 137 cm³/mol. The number of hydrogen-bond donors (Lipinski definition) is 1. The van der Waals surface area contributed by atoms with Crippen molar-refractivity contribution in [1.29, 1.82) is 0 Å². The number of pyridine rings is 1. The fourth-order valence-electron chi connectivity index (χ4n) is 3.90. The van der Waals surface area contributed by atoms with Gasteiger partial charge in [-0.15, -0.1) is 0 Å². The van der Waals surface area contributed by atoms with Gasteiger partial charge in [0.25, 0.3) is 5.91 Å². The molecule has 11 heteroatoms. The smallest absolute Gasteiger partial charge is 0.416 e. The molecule has 0 spiro atoms. The van der Waals surface area contributed by atoms with Crippen molar-refractivity contribution in [2.75, 3.05) is 33.3 Å². The molecule has 0 aliphatic heterocycles. The van der Waals surface area contributed by atoms with Crippen molar-refractivity contribution in [1.82, 2.24) is 4.98 Å². The Kier molecular flexibility index (Phi) is 7.89. The number of fused-ring (bicyclic) bond motifs is 1. The third kappa shape index (κ3) is 6.03.